The molecule has 2 fully saturated rings. The summed E-state index contributed by atoms with van der Waals surface area (Å²) in [7, 11) is 0. The zero-order valence-corrected chi connectivity index (χ0v) is 19.7. The lowest BCUT2D eigenvalue weighted by atomic mass is 9.74. The van der Waals surface area contributed by atoms with Crippen molar-refractivity contribution in [1.82, 2.24) is 9.97 Å². The Morgan fingerprint density at radius 3 is 2.37 bits per heavy atom. The van der Waals surface area contributed by atoms with Crippen LogP contribution in [0.4, 0.5) is 5.95 Å². The van der Waals surface area contributed by atoms with Gasteiger partial charge < -0.3 is 14.4 Å². The topological polar surface area (TPSA) is 47.5 Å². The summed E-state index contributed by atoms with van der Waals surface area (Å²) < 4.78 is 11.7. The minimum atomic E-state index is -0.171. The lowest BCUT2D eigenvalue weighted by molar-refractivity contribution is -0.115. The first-order valence-electron chi connectivity index (χ1n) is 11.5. The first kappa shape index (κ1) is 23.0. The second kappa shape index (κ2) is 9.66. The normalized spacial score (nSPS) is 22.9. The van der Waals surface area contributed by atoms with Crippen molar-refractivity contribution in [3.8, 4) is 11.8 Å². The number of hydrogen-bond donors (Lipinski definition) is 0. The Balaban J connectivity index is 1.42. The Morgan fingerprint density at radius 1 is 1.03 bits per heavy atom. The van der Waals surface area contributed by atoms with Crippen LogP contribution in [-0.4, -0.2) is 47.0 Å². The zero-order chi connectivity index (χ0) is 21.8. The van der Waals surface area contributed by atoms with Crippen LogP contribution in [0, 0.1) is 23.7 Å². The number of anilines is 1. The van der Waals surface area contributed by atoms with E-state index in [4.69, 9.17) is 9.47 Å². The number of ether oxygens (including phenoxy) is 2. The summed E-state index contributed by atoms with van der Waals surface area (Å²) in [5, 5.41) is 0. The molecule has 0 atom stereocenters. The summed E-state index contributed by atoms with van der Waals surface area (Å²) >= 11 is 0. The standard InChI is InChI=1S/C25H39N3O2/c1-24(2,3)29-15-7-8-21-9-12-26-23(27-21)28-13-10-19(11-14-28)16-20-17-22(18-20)30-25(4,5)6/h9,12,19-20,22H,10-11,13-18H2,1-6H3. The Kier molecular flexibility index (Phi) is 7.42. The summed E-state index contributed by atoms with van der Waals surface area (Å²) in [6.45, 7) is 15.0. The van der Waals surface area contributed by atoms with Gasteiger partial charge >= 0.3 is 0 Å². The molecule has 1 aliphatic heterocycles. The van der Waals surface area contributed by atoms with Crippen molar-refractivity contribution in [2.24, 2.45) is 11.8 Å². The molecule has 0 aromatic carbocycles. The summed E-state index contributed by atoms with van der Waals surface area (Å²) in [6, 6.07) is 1.87. The van der Waals surface area contributed by atoms with Gasteiger partial charge in [0.2, 0.25) is 5.95 Å². The van der Waals surface area contributed by atoms with Crippen molar-refractivity contribution in [1.29, 1.82) is 0 Å². The summed E-state index contributed by atoms with van der Waals surface area (Å²) in [4.78, 5) is 11.4. The molecule has 1 aromatic heterocycles. The summed E-state index contributed by atoms with van der Waals surface area (Å²) in [5.74, 6) is 8.63. The molecular weight excluding hydrogens is 374 g/mol. The van der Waals surface area contributed by atoms with Gasteiger partial charge in [0.25, 0.3) is 0 Å². The quantitative estimate of drug-likeness (QED) is 0.646. The number of hydrogen-bond acceptors (Lipinski definition) is 5. The van der Waals surface area contributed by atoms with E-state index >= 15 is 0 Å². The second-order valence-corrected chi connectivity index (χ2v) is 10.8. The molecule has 0 N–H and O–H groups in total. The highest BCUT2D eigenvalue weighted by atomic mass is 16.5. The molecule has 0 radical (unpaired) electrons. The van der Waals surface area contributed by atoms with E-state index in [9.17, 15) is 0 Å². The number of nitrogens with zero attached hydrogens (tertiary/aromatic N) is 3. The lowest BCUT2D eigenvalue weighted by Gasteiger charge is -2.42. The molecule has 3 rings (SSSR count). The molecule has 1 saturated carbocycles. The van der Waals surface area contributed by atoms with Crippen LogP contribution >= 0.6 is 0 Å². The van der Waals surface area contributed by atoms with Gasteiger partial charge in [-0.15, -0.1) is 0 Å². The Hall–Kier alpha value is -1.64. The minimum absolute atomic E-state index is 0.0144. The van der Waals surface area contributed by atoms with Crippen LogP contribution in [0.5, 0.6) is 0 Å². The van der Waals surface area contributed by atoms with Gasteiger partial charge in [0.15, 0.2) is 0 Å². The fourth-order valence-electron chi connectivity index (χ4n) is 4.25. The molecule has 0 spiro atoms. The van der Waals surface area contributed by atoms with Crippen molar-refractivity contribution in [3.05, 3.63) is 18.0 Å². The largest absolute Gasteiger partial charge is 0.373 e. The van der Waals surface area contributed by atoms with E-state index in [0.717, 1.165) is 36.6 Å². The highest BCUT2D eigenvalue weighted by Gasteiger charge is 2.35. The van der Waals surface area contributed by atoms with Crippen LogP contribution < -0.4 is 4.90 Å². The number of rotatable bonds is 5. The molecule has 1 aromatic rings. The number of aromatic nitrogens is 2. The average Bonchev–Trinajstić information content (AvgIpc) is 2.63. The molecular formula is C25H39N3O2. The van der Waals surface area contributed by atoms with E-state index < -0.39 is 0 Å². The molecule has 2 heterocycles. The van der Waals surface area contributed by atoms with E-state index in [-0.39, 0.29) is 11.2 Å². The molecule has 0 unspecified atom stereocenters. The van der Waals surface area contributed by atoms with Crippen LogP contribution in [0.1, 0.15) is 79.3 Å². The maximum Gasteiger partial charge on any atom is 0.226 e. The third kappa shape index (κ3) is 7.56. The van der Waals surface area contributed by atoms with Gasteiger partial charge in [-0.2, -0.15) is 0 Å². The van der Waals surface area contributed by atoms with Gasteiger partial charge in [0.1, 0.15) is 12.3 Å². The fraction of sp³-hybridized carbons (Fsp3) is 0.760. The van der Waals surface area contributed by atoms with Crippen LogP contribution in [0.2, 0.25) is 0 Å². The van der Waals surface area contributed by atoms with Gasteiger partial charge in [0.05, 0.1) is 17.3 Å². The minimum Gasteiger partial charge on any atom is -0.373 e. The average molecular weight is 414 g/mol. The third-order valence-corrected chi connectivity index (χ3v) is 5.71. The van der Waals surface area contributed by atoms with Gasteiger partial charge in [-0.05, 0) is 97.5 Å². The van der Waals surface area contributed by atoms with Crippen molar-refractivity contribution >= 4 is 5.95 Å². The van der Waals surface area contributed by atoms with E-state index in [0.29, 0.717) is 12.7 Å². The lowest BCUT2D eigenvalue weighted by Crippen LogP contribution is -2.40. The molecule has 166 valence electrons. The molecule has 30 heavy (non-hydrogen) atoms. The van der Waals surface area contributed by atoms with E-state index in [1.54, 1.807) is 0 Å². The maximum atomic E-state index is 6.09. The summed E-state index contributed by atoms with van der Waals surface area (Å²) in [6.07, 6.45) is 8.55. The van der Waals surface area contributed by atoms with Gasteiger partial charge in [-0.1, -0.05) is 5.92 Å². The molecule has 0 amide bonds. The monoisotopic (exact) mass is 413 g/mol. The van der Waals surface area contributed by atoms with Gasteiger partial charge in [-0.3, -0.25) is 0 Å². The number of piperidine rings is 1. The Morgan fingerprint density at radius 2 is 1.73 bits per heavy atom. The maximum absolute atomic E-state index is 6.09. The first-order chi connectivity index (χ1) is 14.1. The zero-order valence-electron chi connectivity index (χ0n) is 19.7. The van der Waals surface area contributed by atoms with Gasteiger partial charge in [0, 0.05) is 19.3 Å². The van der Waals surface area contributed by atoms with E-state index in [1.165, 1.54) is 32.1 Å². The predicted octanol–water partition coefficient (Wildman–Crippen LogP) is 4.84. The SMILES string of the molecule is CC(C)(C)OCC#Cc1ccnc(N2CCC(CC3CC(OC(C)(C)C)C3)CC2)n1. The molecule has 2 aliphatic rings. The van der Waals surface area contributed by atoms with E-state index in [1.807, 2.05) is 33.0 Å². The van der Waals surface area contributed by atoms with Crippen LogP contribution in [0.15, 0.2) is 12.3 Å². The first-order valence-corrected chi connectivity index (χ1v) is 11.5. The molecule has 0 bridgehead atoms. The third-order valence-electron chi connectivity index (χ3n) is 5.71. The highest BCUT2D eigenvalue weighted by molar-refractivity contribution is 5.36. The smallest absolute Gasteiger partial charge is 0.226 e. The molecule has 5 heteroatoms. The van der Waals surface area contributed by atoms with Crippen LogP contribution in [-0.2, 0) is 9.47 Å². The van der Waals surface area contributed by atoms with Crippen molar-refractivity contribution in [2.75, 3.05) is 24.6 Å². The van der Waals surface area contributed by atoms with Crippen molar-refractivity contribution in [2.45, 2.75) is 91.0 Å². The Labute approximate surface area is 183 Å². The van der Waals surface area contributed by atoms with Crippen LogP contribution in [0.3, 0.4) is 0 Å². The fourth-order valence-corrected chi connectivity index (χ4v) is 4.25. The summed E-state index contributed by atoms with van der Waals surface area (Å²) in [5.41, 5.74) is 0.578. The molecule has 1 saturated heterocycles. The van der Waals surface area contributed by atoms with Crippen molar-refractivity contribution in [3.63, 3.8) is 0 Å². The van der Waals surface area contributed by atoms with E-state index in [2.05, 4.69) is 47.5 Å². The second-order valence-electron chi connectivity index (χ2n) is 10.8. The highest BCUT2D eigenvalue weighted by Crippen LogP contribution is 2.39. The molecule has 1 aliphatic carbocycles. The van der Waals surface area contributed by atoms with Crippen molar-refractivity contribution < 1.29 is 9.47 Å². The predicted molar refractivity (Wildman–Crippen MR) is 122 cm³/mol. The molecule has 5 nitrogen and oxygen atoms in total. The van der Waals surface area contributed by atoms with Crippen LogP contribution in [0.25, 0.3) is 0 Å². The van der Waals surface area contributed by atoms with Gasteiger partial charge in [-0.25, -0.2) is 9.97 Å². The Bertz CT molecular complexity index is 740.